The van der Waals surface area contributed by atoms with Gasteiger partial charge < -0.3 is 34.3 Å². The van der Waals surface area contributed by atoms with Crippen molar-refractivity contribution in [3.63, 3.8) is 0 Å². The van der Waals surface area contributed by atoms with E-state index in [1.165, 1.54) is 9.91 Å². The first-order valence-corrected chi connectivity index (χ1v) is 24.8. The maximum Gasteiger partial charge on any atom is 0.324 e. The number of hydrogen-bond acceptors (Lipinski definition) is 11. The molecule has 2 fully saturated rings. The fourth-order valence-electron chi connectivity index (χ4n) is 10.1. The van der Waals surface area contributed by atoms with E-state index in [0.29, 0.717) is 56.5 Å². The molecule has 412 valence electrons. The normalized spacial score (nSPS) is 19.0. The molecule has 2 aromatic carbocycles. The van der Waals surface area contributed by atoms with Crippen LogP contribution in [0.1, 0.15) is 84.5 Å². The number of aryl methyl sites for hydroxylation is 1. The summed E-state index contributed by atoms with van der Waals surface area (Å²) in [5.74, 6) is 2.71. The molecular weight excluding hydrogens is 1030 g/mol. The highest BCUT2D eigenvalue weighted by molar-refractivity contribution is 7.59. The number of cyclic esters (lactones) is 1. The molecule has 2 saturated heterocycles. The van der Waals surface area contributed by atoms with Crippen LogP contribution in [0.25, 0.3) is 33.3 Å². The minimum atomic E-state index is -1.18. The summed E-state index contributed by atoms with van der Waals surface area (Å²) in [6.07, 6.45) is 3.64. The quantitative estimate of drug-likeness (QED) is 0.125. The number of hydrogen-bond donors (Lipinski definition) is 3. The number of ether oxygens (including phenoxy) is 2. The van der Waals surface area contributed by atoms with E-state index in [4.69, 9.17) is 14.5 Å². The summed E-state index contributed by atoms with van der Waals surface area (Å²) in [4.78, 5) is 80.4. The minimum Gasteiger partial charge on any atom is -0.508 e. The lowest BCUT2D eigenvalue weighted by atomic mass is 9.84. The molecule has 7 rings (SSSR count). The summed E-state index contributed by atoms with van der Waals surface area (Å²) in [6.45, 7) is 15.7. The highest BCUT2D eigenvalue weighted by atomic mass is 32.1. The molecule has 4 amide bonds. The summed E-state index contributed by atoms with van der Waals surface area (Å²) < 4.78 is 14.0. The molecule has 0 aliphatic carbocycles. The topological polar surface area (TPSA) is 179 Å². The Morgan fingerprint density at radius 2 is 1.73 bits per heavy atom. The number of phenols is 1. The zero-order chi connectivity index (χ0) is 51.5. The van der Waals surface area contributed by atoms with Gasteiger partial charge in [0, 0.05) is 74.8 Å². The molecule has 16 nitrogen and oxygen atoms in total. The van der Waals surface area contributed by atoms with Crippen molar-refractivity contribution in [3.05, 3.63) is 71.5 Å². The number of carbonyl (C=O) groups is 5. The van der Waals surface area contributed by atoms with Crippen LogP contribution in [0, 0.1) is 29.1 Å². The Labute approximate surface area is 471 Å². The number of rotatable bonds is 10. The molecule has 3 aliphatic heterocycles. The number of aromatic hydroxyl groups is 1. The summed E-state index contributed by atoms with van der Waals surface area (Å²) in [5, 5.41) is 16.8. The van der Waals surface area contributed by atoms with Gasteiger partial charge in [-0.25, -0.2) is 5.43 Å². The SMILES string of the molecule is CCn1c(-c2cccnc2COC)c2c3cc(ccc31)-c1cc(O)cc(c1)C[C@H](NC(=O)[C@H](C(C)C)N(C)C(=O)[C@@H]1CCN(C(=O)C#CC(C)(C)N(C)C)C1)C(=O)N1CCC[C@H](N1)C(=O)OCC(C)(C)C2.S.S.S.S. The zero-order valence-electron chi connectivity index (χ0n) is 45.3. The number of amides is 4. The number of pyridine rings is 1. The third kappa shape index (κ3) is 14.6. The van der Waals surface area contributed by atoms with Gasteiger partial charge in [0.25, 0.3) is 11.8 Å². The second kappa shape index (κ2) is 26.9. The first-order valence-electron chi connectivity index (χ1n) is 24.8. The Morgan fingerprint density at radius 1 is 1.01 bits per heavy atom. The molecule has 2 aromatic heterocycles. The summed E-state index contributed by atoms with van der Waals surface area (Å²) in [6, 6.07) is 12.4. The summed E-state index contributed by atoms with van der Waals surface area (Å²) in [7, 11) is 7.02. The molecule has 3 aliphatic rings. The third-order valence-electron chi connectivity index (χ3n) is 14.4. The van der Waals surface area contributed by atoms with Gasteiger partial charge in [-0.1, -0.05) is 45.7 Å². The van der Waals surface area contributed by atoms with Crippen molar-refractivity contribution in [3.8, 4) is 40.0 Å². The van der Waals surface area contributed by atoms with Crippen LogP contribution in [0.15, 0.2) is 54.7 Å². The number of esters is 1. The van der Waals surface area contributed by atoms with Gasteiger partial charge in [0.1, 0.15) is 23.9 Å². The lowest BCUT2D eigenvalue weighted by Crippen LogP contribution is -2.62. The van der Waals surface area contributed by atoms with Crippen LogP contribution in [-0.4, -0.2) is 142 Å². The average molecular weight is 1110 g/mol. The molecular formula is C55H80N8O8S4. The Kier molecular flexibility index (Phi) is 23.1. The smallest absolute Gasteiger partial charge is 0.324 e. The molecule has 0 radical (unpaired) electrons. The number of fused-ring (bicyclic) bond motifs is 6. The van der Waals surface area contributed by atoms with Gasteiger partial charge in [-0.3, -0.25) is 38.9 Å². The number of aromatic nitrogens is 2. The van der Waals surface area contributed by atoms with E-state index < -0.39 is 52.8 Å². The molecule has 4 aromatic rings. The van der Waals surface area contributed by atoms with Crippen LogP contribution in [0.4, 0.5) is 0 Å². The van der Waals surface area contributed by atoms with Crippen molar-refractivity contribution in [2.45, 2.75) is 117 Å². The predicted octanol–water partition coefficient (Wildman–Crippen LogP) is 6.02. The average Bonchev–Trinajstić information content (AvgIpc) is 3.94. The van der Waals surface area contributed by atoms with E-state index >= 15 is 0 Å². The van der Waals surface area contributed by atoms with Crippen molar-refractivity contribution in [2.24, 2.45) is 17.3 Å². The van der Waals surface area contributed by atoms with Gasteiger partial charge in [-0.05, 0) is 131 Å². The Hall–Kier alpha value is -4.88. The van der Waals surface area contributed by atoms with E-state index in [1.54, 1.807) is 37.4 Å². The minimum absolute atomic E-state index is 0. The van der Waals surface area contributed by atoms with Crippen LogP contribution >= 0.6 is 54.0 Å². The molecule has 0 unspecified atom stereocenters. The zero-order valence-corrected chi connectivity index (χ0v) is 49.3. The maximum absolute atomic E-state index is 14.8. The number of carbonyl (C=O) groups excluding carboxylic acids is 5. The van der Waals surface area contributed by atoms with Crippen molar-refractivity contribution in [1.82, 2.24) is 40.0 Å². The molecule has 4 atom stereocenters. The second-order valence-electron chi connectivity index (χ2n) is 21.2. The van der Waals surface area contributed by atoms with Crippen molar-refractivity contribution in [1.29, 1.82) is 0 Å². The fourth-order valence-corrected chi connectivity index (χ4v) is 10.1. The van der Waals surface area contributed by atoms with Crippen LogP contribution in [0.5, 0.6) is 5.75 Å². The number of hydrazine groups is 1. The van der Waals surface area contributed by atoms with Gasteiger partial charge in [-0.2, -0.15) is 54.0 Å². The Bertz CT molecular complexity index is 2750. The number of nitrogens with zero attached hydrogens (tertiary/aromatic N) is 6. The van der Waals surface area contributed by atoms with Gasteiger partial charge >= 0.3 is 5.97 Å². The first-order chi connectivity index (χ1) is 33.6. The van der Waals surface area contributed by atoms with E-state index in [-0.39, 0.29) is 104 Å². The standard InChI is InChI=1S/C55H72N8O8.4H2S/c1-12-62-46-18-17-36-29-41(46)42(49(62)40-15-13-22-56-45(40)32-70-11)30-54(4,5)33-71-53(69)43-16-14-23-63(58-43)52(68)44(27-35-25-38(36)28-39(64)26-35)57-50(66)48(34(2)3)60(10)51(67)37-20-24-61(31-37)47(65)19-21-55(6,7)59(8)9;;;;/h13,15,17-18,22,25-26,28-29,34,37,43-44,48,58,64H,12,14,16,20,23-24,27,30-33H2,1-11H3,(H,57,66);4*1H2/t37-,43+,44+,48+;;;;/m1..../s1. The second-order valence-corrected chi connectivity index (χ2v) is 21.2. The lowest BCUT2D eigenvalue weighted by molar-refractivity contribution is -0.155. The fraction of sp³-hybridized carbons (Fsp3) is 0.527. The van der Waals surface area contributed by atoms with E-state index in [0.717, 1.165) is 39.0 Å². The molecule has 3 N–H and O–H groups in total. The summed E-state index contributed by atoms with van der Waals surface area (Å²) >= 11 is 0. The Balaban J connectivity index is 0.00000371. The number of methoxy groups -OCH3 is 1. The monoisotopic (exact) mass is 1110 g/mol. The Morgan fingerprint density at radius 3 is 2.40 bits per heavy atom. The highest BCUT2D eigenvalue weighted by Crippen LogP contribution is 2.41. The van der Waals surface area contributed by atoms with Gasteiger partial charge in [0.05, 0.1) is 36.1 Å². The van der Waals surface area contributed by atoms with Crippen molar-refractivity contribution >= 4 is 94.5 Å². The van der Waals surface area contributed by atoms with Crippen LogP contribution in [0.2, 0.25) is 0 Å². The lowest BCUT2D eigenvalue weighted by Gasteiger charge is -2.37. The first kappa shape index (κ1) is 64.4. The van der Waals surface area contributed by atoms with Crippen molar-refractivity contribution in [2.75, 3.05) is 54.5 Å². The van der Waals surface area contributed by atoms with E-state index in [9.17, 15) is 29.1 Å². The number of phenolic OH excluding ortho intramolecular Hbond substituents is 1. The van der Waals surface area contributed by atoms with Gasteiger partial charge in [-0.15, -0.1) is 0 Å². The number of nitrogens with one attached hydrogen (secondary N) is 2. The van der Waals surface area contributed by atoms with Crippen LogP contribution < -0.4 is 10.7 Å². The van der Waals surface area contributed by atoms with Gasteiger partial charge in [0.15, 0.2) is 0 Å². The molecule has 6 bridgehead atoms. The molecule has 0 spiro atoms. The molecule has 75 heavy (non-hydrogen) atoms. The predicted molar refractivity (Wildman–Crippen MR) is 314 cm³/mol. The van der Waals surface area contributed by atoms with Gasteiger partial charge in [0.2, 0.25) is 11.8 Å². The number of likely N-dealkylation sites (N-methyl/N-ethyl adjacent to an activating group) is 1. The molecule has 5 heterocycles. The maximum atomic E-state index is 14.8. The summed E-state index contributed by atoms with van der Waals surface area (Å²) in [5.41, 5.74) is 9.00. The largest absolute Gasteiger partial charge is 0.508 e. The molecule has 20 heteroatoms. The number of likely N-dealkylation sites (tertiary alicyclic amines) is 1. The highest BCUT2D eigenvalue weighted by Gasteiger charge is 2.40. The van der Waals surface area contributed by atoms with E-state index in [2.05, 4.69) is 66.1 Å². The third-order valence-corrected chi connectivity index (χ3v) is 14.4. The van der Waals surface area contributed by atoms with Crippen LogP contribution in [0.3, 0.4) is 0 Å². The van der Waals surface area contributed by atoms with Crippen molar-refractivity contribution < 1.29 is 38.6 Å². The van der Waals surface area contributed by atoms with Crippen LogP contribution in [-0.2, 0) is 59.4 Å². The number of benzene rings is 2. The van der Waals surface area contributed by atoms with E-state index in [1.807, 2.05) is 64.9 Å². The molecule has 0 saturated carbocycles.